The first-order chi connectivity index (χ1) is 9.65. The summed E-state index contributed by atoms with van der Waals surface area (Å²) in [6.45, 7) is 3.42. The van der Waals surface area contributed by atoms with E-state index in [-0.39, 0.29) is 5.91 Å². The van der Waals surface area contributed by atoms with Gasteiger partial charge in [0.25, 0.3) is 5.91 Å². The zero-order valence-corrected chi connectivity index (χ0v) is 12.0. The third-order valence-electron chi connectivity index (χ3n) is 3.27. The van der Waals surface area contributed by atoms with Gasteiger partial charge in [-0.2, -0.15) is 0 Å². The molecule has 0 saturated carbocycles. The van der Waals surface area contributed by atoms with E-state index in [2.05, 4.69) is 24.4 Å². The molecule has 0 bridgehead atoms. The molecule has 1 atom stereocenters. The van der Waals surface area contributed by atoms with Gasteiger partial charge in [0.1, 0.15) is 6.54 Å². The SMILES string of the molecule is Cc1ccccc1C[NH+](C)CC(=O)Nc1ccccc1. The molecule has 0 fully saturated rings. The van der Waals surface area contributed by atoms with Crippen molar-refractivity contribution in [3.8, 4) is 0 Å². The molecular formula is C17H21N2O+. The lowest BCUT2D eigenvalue weighted by atomic mass is 10.1. The molecule has 1 amide bonds. The van der Waals surface area contributed by atoms with E-state index in [1.54, 1.807) is 0 Å². The number of hydrogen-bond acceptors (Lipinski definition) is 1. The Hall–Kier alpha value is -2.13. The number of rotatable bonds is 5. The van der Waals surface area contributed by atoms with Crippen LogP contribution in [0.4, 0.5) is 5.69 Å². The second kappa shape index (κ2) is 6.87. The molecule has 0 aromatic heterocycles. The molecular weight excluding hydrogens is 248 g/mol. The summed E-state index contributed by atoms with van der Waals surface area (Å²) in [7, 11) is 2.04. The van der Waals surface area contributed by atoms with Crippen LogP contribution in [0.1, 0.15) is 11.1 Å². The van der Waals surface area contributed by atoms with E-state index in [1.807, 2.05) is 49.5 Å². The van der Waals surface area contributed by atoms with Crippen molar-refractivity contribution in [2.24, 2.45) is 0 Å². The van der Waals surface area contributed by atoms with E-state index in [4.69, 9.17) is 0 Å². The minimum Gasteiger partial charge on any atom is -0.326 e. The van der Waals surface area contributed by atoms with Crippen LogP contribution in [0.25, 0.3) is 0 Å². The number of likely N-dealkylation sites (N-methyl/N-ethyl adjacent to an activating group) is 1. The Morgan fingerprint density at radius 3 is 2.40 bits per heavy atom. The molecule has 3 heteroatoms. The maximum Gasteiger partial charge on any atom is 0.279 e. The van der Waals surface area contributed by atoms with Crippen molar-refractivity contribution in [3.05, 3.63) is 65.7 Å². The summed E-state index contributed by atoms with van der Waals surface area (Å²) < 4.78 is 0. The minimum atomic E-state index is 0.0438. The molecule has 0 aliphatic rings. The van der Waals surface area contributed by atoms with Gasteiger partial charge in [-0.3, -0.25) is 4.79 Å². The molecule has 3 nitrogen and oxygen atoms in total. The summed E-state index contributed by atoms with van der Waals surface area (Å²) in [5.74, 6) is 0.0438. The van der Waals surface area contributed by atoms with Crippen LogP contribution in [0, 0.1) is 6.92 Å². The Kier molecular flexibility index (Phi) is 4.91. The van der Waals surface area contributed by atoms with Gasteiger partial charge >= 0.3 is 0 Å². The molecule has 0 aliphatic carbocycles. The third-order valence-corrected chi connectivity index (χ3v) is 3.27. The van der Waals surface area contributed by atoms with Gasteiger partial charge in [0.15, 0.2) is 6.54 Å². The van der Waals surface area contributed by atoms with Crippen molar-refractivity contribution in [1.29, 1.82) is 0 Å². The molecule has 0 spiro atoms. The van der Waals surface area contributed by atoms with Gasteiger partial charge in [-0.05, 0) is 24.6 Å². The minimum absolute atomic E-state index is 0.0438. The fraction of sp³-hybridized carbons (Fsp3) is 0.235. The predicted octanol–water partition coefficient (Wildman–Crippen LogP) is 1.65. The fourth-order valence-corrected chi connectivity index (χ4v) is 2.20. The monoisotopic (exact) mass is 269 g/mol. The van der Waals surface area contributed by atoms with Crippen LogP contribution in [0.3, 0.4) is 0 Å². The van der Waals surface area contributed by atoms with Crippen molar-refractivity contribution in [2.75, 3.05) is 18.9 Å². The number of quaternary nitrogens is 1. The summed E-state index contributed by atoms with van der Waals surface area (Å²) in [5, 5.41) is 2.91. The molecule has 0 radical (unpaired) electrons. The van der Waals surface area contributed by atoms with E-state index < -0.39 is 0 Å². The molecule has 2 N–H and O–H groups in total. The first-order valence-electron chi connectivity index (χ1n) is 6.86. The van der Waals surface area contributed by atoms with Crippen LogP contribution < -0.4 is 10.2 Å². The summed E-state index contributed by atoms with van der Waals surface area (Å²) in [6, 6.07) is 17.9. The van der Waals surface area contributed by atoms with Gasteiger partial charge in [0.2, 0.25) is 0 Å². The van der Waals surface area contributed by atoms with Crippen LogP contribution in [-0.2, 0) is 11.3 Å². The Morgan fingerprint density at radius 1 is 1.05 bits per heavy atom. The van der Waals surface area contributed by atoms with Crippen LogP contribution >= 0.6 is 0 Å². The van der Waals surface area contributed by atoms with Gasteiger partial charge in [-0.1, -0.05) is 42.5 Å². The zero-order chi connectivity index (χ0) is 14.4. The van der Waals surface area contributed by atoms with Gasteiger partial charge in [-0.25, -0.2) is 0 Å². The molecule has 2 aromatic carbocycles. The highest BCUT2D eigenvalue weighted by atomic mass is 16.2. The lowest BCUT2D eigenvalue weighted by molar-refractivity contribution is -0.885. The van der Waals surface area contributed by atoms with E-state index in [9.17, 15) is 4.79 Å². The lowest BCUT2D eigenvalue weighted by Crippen LogP contribution is -3.08. The average Bonchev–Trinajstić information content (AvgIpc) is 2.42. The molecule has 1 unspecified atom stereocenters. The molecule has 0 aliphatic heterocycles. The Bertz CT molecular complexity index is 566. The Labute approximate surface area is 120 Å². The van der Waals surface area contributed by atoms with E-state index in [0.717, 1.165) is 12.2 Å². The number of anilines is 1. The quantitative estimate of drug-likeness (QED) is 0.850. The number of para-hydroxylation sites is 1. The summed E-state index contributed by atoms with van der Waals surface area (Å²) in [6.07, 6.45) is 0. The fourth-order valence-electron chi connectivity index (χ4n) is 2.20. The number of carbonyl (C=O) groups excluding carboxylic acids is 1. The summed E-state index contributed by atoms with van der Waals surface area (Å²) >= 11 is 0. The number of benzene rings is 2. The van der Waals surface area contributed by atoms with Crippen molar-refractivity contribution >= 4 is 11.6 Å². The van der Waals surface area contributed by atoms with Gasteiger partial charge in [-0.15, -0.1) is 0 Å². The standard InChI is InChI=1S/C17H20N2O/c1-14-8-6-7-9-15(14)12-19(2)13-17(20)18-16-10-4-3-5-11-16/h3-11H,12-13H2,1-2H3,(H,18,20)/p+1. The van der Waals surface area contributed by atoms with Crippen LogP contribution in [0.15, 0.2) is 54.6 Å². The molecule has 0 heterocycles. The molecule has 104 valence electrons. The number of carbonyl (C=O) groups is 1. The smallest absolute Gasteiger partial charge is 0.279 e. The van der Waals surface area contributed by atoms with Crippen LogP contribution in [-0.4, -0.2) is 19.5 Å². The van der Waals surface area contributed by atoms with E-state index >= 15 is 0 Å². The van der Waals surface area contributed by atoms with E-state index in [0.29, 0.717) is 6.54 Å². The summed E-state index contributed by atoms with van der Waals surface area (Å²) in [5.41, 5.74) is 3.41. The molecule has 2 aromatic rings. The van der Waals surface area contributed by atoms with E-state index in [1.165, 1.54) is 16.0 Å². The topological polar surface area (TPSA) is 33.5 Å². The number of aryl methyl sites for hydroxylation is 1. The zero-order valence-electron chi connectivity index (χ0n) is 12.0. The van der Waals surface area contributed by atoms with Gasteiger partial charge in [0, 0.05) is 11.3 Å². The Morgan fingerprint density at radius 2 is 1.70 bits per heavy atom. The lowest BCUT2D eigenvalue weighted by Gasteiger charge is -2.15. The highest BCUT2D eigenvalue weighted by molar-refractivity contribution is 5.91. The van der Waals surface area contributed by atoms with Crippen LogP contribution in [0.5, 0.6) is 0 Å². The van der Waals surface area contributed by atoms with Crippen molar-refractivity contribution in [3.63, 3.8) is 0 Å². The van der Waals surface area contributed by atoms with Crippen molar-refractivity contribution in [1.82, 2.24) is 0 Å². The largest absolute Gasteiger partial charge is 0.326 e. The predicted molar refractivity (Wildman–Crippen MR) is 81.7 cm³/mol. The van der Waals surface area contributed by atoms with Gasteiger partial charge < -0.3 is 10.2 Å². The number of nitrogens with one attached hydrogen (secondary N) is 2. The highest BCUT2D eigenvalue weighted by Crippen LogP contribution is 2.05. The first kappa shape index (κ1) is 14.3. The first-order valence-corrected chi connectivity index (χ1v) is 6.86. The second-order valence-corrected chi connectivity index (χ2v) is 5.15. The number of amides is 1. The second-order valence-electron chi connectivity index (χ2n) is 5.15. The van der Waals surface area contributed by atoms with Crippen LogP contribution in [0.2, 0.25) is 0 Å². The maximum absolute atomic E-state index is 12.0. The molecule has 2 rings (SSSR count). The molecule has 0 saturated heterocycles. The highest BCUT2D eigenvalue weighted by Gasteiger charge is 2.11. The van der Waals surface area contributed by atoms with Crippen molar-refractivity contribution in [2.45, 2.75) is 13.5 Å². The average molecular weight is 269 g/mol. The summed E-state index contributed by atoms with van der Waals surface area (Å²) in [4.78, 5) is 13.1. The third kappa shape index (κ3) is 4.21. The Balaban J connectivity index is 1.87. The molecule has 20 heavy (non-hydrogen) atoms. The van der Waals surface area contributed by atoms with Crippen molar-refractivity contribution < 1.29 is 9.69 Å². The van der Waals surface area contributed by atoms with Gasteiger partial charge in [0.05, 0.1) is 7.05 Å². The maximum atomic E-state index is 12.0. The normalized spacial score (nSPS) is 11.9. The number of hydrogen-bond donors (Lipinski definition) is 2.